The summed E-state index contributed by atoms with van der Waals surface area (Å²) in [6, 6.07) is 1.69. The van der Waals surface area contributed by atoms with Gasteiger partial charge in [0.15, 0.2) is 11.2 Å². The highest BCUT2D eigenvalue weighted by Gasteiger charge is 2.36. The van der Waals surface area contributed by atoms with Gasteiger partial charge in [-0.25, -0.2) is 19.7 Å². The van der Waals surface area contributed by atoms with Gasteiger partial charge in [-0.05, 0) is 6.07 Å². The number of imidazole rings is 1. The van der Waals surface area contributed by atoms with E-state index in [1.54, 1.807) is 23.4 Å². The predicted molar refractivity (Wildman–Crippen MR) is 105 cm³/mol. The largest absolute Gasteiger partial charge is 0.339 e. The van der Waals surface area contributed by atoms with Gasteiger partial charge in [0.25, 0.3) is 5.56 Å². The highest BCUT2D eigenvalue weighted by Crippen LogP contribution is 2.27. The molecule has 5 heterocycles. The first-order valence-corrected chi connectivity index (χ1v) is 9.43. The summed E-state index contributed by atoms with van der Waals surface area (Å²) >= 11 is 0. The molecule has 0 bridgehead atoms. The van der Waals surface area contributed by atoms with Crippen molar-refractivity contribution in [2.75, 3.05) is 13.1 Å². The zero-order chi connectivity index (χ0) is 21.7. The zero-order valence-corrected chi connectivity index (χ0v) is 16.7. The van der Waals surface area contributed by atoms with Crippen LogP contribution >= 0.6 is 0 Å². The van der Waals surface area contributed by atoms with E-state index in [0.29, 0.717) is 30.6 Å². The Bertz CT molecular complexity index is 1410. The van der Waals surface area contributed by atoms with Crippen molar-refractivity contribution in [1.82, 2.24) is 43.7 Å². The average Bonchev–Trinajstić information content (AvgIpc) is 3.38. The van der Waals surface area contributed by atoms with Gasteiger partial charge in [0.1, 0.15) is 6.54 Å². The highest BCUT2D eigenvalue weighted by atomic mass is 16.5. The molecule has 13 nitrogen and oxygen atoms in total. The number of carbonyl (C=O) groups is 1. The van der Waals surface area contributed by atoms with Gasteiger partial charge in [0.05, 0.1) is 12.2 Å². The first kappa shape index (κ1) is 18.8. The van der Waals surface area contributed by atoms with Gasteiger partial charge in [0, 0.05) is 39.6 Å². The Balaban J connectivity index is 1.29. The van der Waals surface area contributed by atoms with E-state index in [4.69, 9.17) is 4.52 Å². The Morgan fingerprint density at radius 1 is 1.10 bits per heavy atom. The van der Waals surface area contributed by atoms with Crippen LogP contribution in [0.4, 0.5) is 0 Å². The molecule has 158 valence electrons. The molecule has 1 amide bonds. The van der Waals surface area contributed by atoms with Crippen LogP contribution in [0.15, 0.2) is 38.9 Å². The number of hydrogen-bond acceptors (Lipinski definition) is 9. The molecule has 0 aliphatic carbocycles. The number of amides is 1. The Morgan fingerprint density at radius 2 is 1.84 bits per heavy atom. The second-order valence-corrected chi connectivity index (χ2v) is 7.27. The smallest absolute Gasteiger partial charge is 0.332 e. The number of aromatic nitrogens is 8. The van der Waals surface area contributed by atoms with Crippen molar-refractivity contribution >= 4 is 17.1 Å². The van der Waals surface area contributed by atoms with Crippen molar-refractivity contribution in [3.63, 3.8) is 0 Å². The summed E-state index contributed by atoms with van der Waals surface area (Å²) in [5, 5.41) is 3.90. The number of rotatable bonds is 4. The summed E-state index contributed by atoms with van der Waals surface area (Å²) in [6.45, 7) is 0.766. The summed E-state index contributed by atoms with van der Waals surface area (Å²) in [5.74, 6) is 0.822. The highest BCUT2D eigenvalue weighted by molar-refractivity contribution is 5.79. The summed E-state index contributed by atoms with van der Waals surface area (Å²) in [4.78, 5) is 55.5. The molecule has 0 radical (unpaired) electrons. The lowest BCUT2D eigenvalue weighted by molar-refractivity contribution is -0.136. The van der Waals surface area contributed by atoms with Gasteiger partial charge < -0.3 is 14.0 Å². The van der Waals surface area contributed by atoms with Gasteiger partial charge in [-0.2, -0.15) is 4.98 Å². The molecule has 0 aromatic carbocycles. The lowest BCUT2D eigenvalue weighted by Crippen LogP contribution is -2.49. The van der Waals surface area contributed by atoms with Crippen LogP contribution in [0.25, 0.3) is 22.8 Å². The van der Waals surface area contributed by atoms with Crippen LogP contribution in [0.5, 0.6) is 0 Å². The third-order valence-corrected chi connectivity index (χ3v) is 5.31. The van der Waals surface area contributed by atoms with Crippen LogP contribution in [0.1, 0.15) is 11.8 Å². The molecule has 4 aromatic rings. The van der Waals surface area contributed by atoms with Gasteiger partial charge in [0.2, 0.25) is 23.4 Å². The van der Waals surface area contributed by atoms with Crippen molar-refractivity contribution < 1.29 is 9.32 Å². The molecule has 0 unspecified atom stereocenters. The topological polar surface area (TPSA) is 147 Å². The van der Waals surface area contributed by atoms with Crippen molar-refractivity contribution in [1.29, 1.82) is 0 Å². The number of carbonyl (C=O) groups excluding carboxylic acids is 1. The van der Waals surface area contributed by atoms with E-state index < -0.39 is 11.2 Å². The van der Waals surface area contributed by atoms with Gasteiger partial charge >= 0.3 is 5.69 Å². The maximum absolute atomic E-state index is 12.7. The maximum atomic E-state index is 12.7. The molecule has 4 aromatic heterocycles. The molecule has 0 N–H and O–H groups in total. The molecule has 13 heteroatoms. The van der Waals surface area contributed by atoms with E-state index in [1.165, 1.54) is 29.6 Å². The third-order valence-electron chi connectivity index (χ3n) is 5.31. The lowest BCUT2D eigenvalue weighted by Gasteiger charge is -2.37. The van der Waals surface area contributed by atoms with Gasteiger partial charge in [-0.3, -0.25) is 18.7 Å². The van der Waals surface area contributed by atoms with E-state index >= 15 is 0 Å². The Hall–Kier alpha value is -4.16. The van der Waals surface area contributed by atoms with Crippen molar-refractivity contribution in [3.05, 3.63) is 51.5 Å². The minimum Gasteiger partial charge on any atom is -0.339 e. The van der Waals surface area contributed by atoms with Crippen molar-refractivity contribution in [2.24, 2.45) is 14.1 Å². The summed E-state index contributed by atoms with van der Waals surface area (Å²) < 4.78 is 9.03. The van der Waals surface area contributed by atoms with E-state index in [1.807, 2.05) is 0 Å². The summed E-state index contributed by atoms with van der Waals surface area (Å²) in [7, 11) is 2.92. The SMILES string of the molecule is Cn1c(=O)c2c(ncn2CC(=O)N2CC(c3nc(-c4ncccn4)no3)C2)n(C)c1=O. The molecule has 0 spiro atoms. The first-order chi connectivity index (χ1) is 14.9. The molecular formula is C18H17N9O4. The molecule has 31 heavy (non-hydrogen) atoms. The van der Waals surface area contributed by atoms with Crippen LogP contribution < -0.4 is 11.2 Å². The molecule has 1 fully saturated rings. The number of likely N-dealkylation sites (tertiary alicyclic amines) is 1. The quantitative estimate of drug-likeness (QED) is 0.399. The molecule has 1 aliphatic rings. The van der Waals surface area contributed by atoms with Crippen LogP contribution in [0.2, 0.25) is 0 Å². The number of fused-ring (bicyclic) bond motifs is 1. The third kappa shape index (κ3) is 3.01. The van der Waals surface area contributed by atoms with Crippen molar-refractivity contribution in [3.8, 4) is 11.6 Å². The number of nitrogens with zero attached hydrogens (tertiary/aromatic N) is 9. The van der Waals surface area contributed by atoms with Crippen LogP contribution in [-0.2, 0) is 25.4 Å². The van der Waals surface area contributed by atoms with Crippen LogP contribution in [0, 0.1) is 0 Å². The standard InChI is InChI=1S/C18H17N9O4/c1-24-15-12(17(29)25(2)18(24)30)27(9-21-15)8-11(28)26-6-10(7-26)16-22-14(23-31-16)13-19-4-3-5-20-13/h3-5,9-10H,6-8H2,1-2H3. The fourth-order valence-electron chi connectivity index (χ4n) is 3.51. The Kier molecular flexibility index (Phi) is 4.23. The summed E-state index contributed by atoms with van der Waals surface area (Å²) in [5.41, 5.74) is -0.519. The monoisotopic (exact) mass is 423 g/mol. The Labute approximate surface area is 173 Å². The maximum Gasteiger partial charge on any atom is 0.332 e. The van der Waals surface area contributed by atoms with Gasteiger partial charge in [-0.1, -0.05) is 5.16 Å². The zero-order valence-electron chi connectivity index (χ0n) is 16.7. The molecular weight excluding hydrogens is 406 g/mol. The van der Waals surface area contributed by atoms with E-state index in [-0.39, 0.29) is 29.5 Å². The average molecular weight is 423 g/mol. The van der Waals surface area contributed by atoms with Gasteiger partial charge in [-0.15, -0.1) is 0 Å². The molecule has 1 aliphatic heterocycles. The fourth-order valence-corrected chi connectivity index (χ4v) is 3.51. The Morgan fingerprint density at radius 3 is 2.58 bits per heavy atom. The molecule has 5 rings (SSSR count). The summed E-state index contributed by atoms with van der Waals surface area (Å²) in [6.07, 6.45) is 4.57. The first-order valence-electron chi connectivity index (χ1n) is 9.43. The fraction of sp³-hybridized carbons (Fsp3) is 0.333. The molecule has 0 atom stereocenters. The van der Waals surface area contributed by atoms with E-state index in [0.717, 1.165) is 4.57 Å². The second-order valence-electron chi connectivity index (χ2n) is 7.27. The van der Waals surface area contributed by atoms with Crippen LogP contribution in [-0.4, -0.2) is 62.7 Å². The number of hydrogen-bond donors (Lipinski definition) is 0. The van der Waals surface area contributed by atoms with E-state index in [2.05, 4.69) is 25.1 Å². The lowest BCUT2D eigenvalue weighted by atomic mass is 10.00. The molecule has 1 saturated heterocycles. The minimum atomic E-state index is -0.494. The van der Waals surface area contributed by atoms with Crippen LogP contribution in [0.3, 0.4) is 0 Å². The minimum absolute atomic E-state index is 0.0659. The molecule has 0 saturated carbocycles. The van der Waals surface area contributed by atoms with E-state index in [9.17, 15) is 14.4 Å². The number of aryl methyl sites for hydroxylation is 1. The normalized spacial score (nSPS) is 14.2. The van der Waals surface area contributed by atoms with Crippen molar-refractivity contribution in [2.45, 2.75) is 12.5 Å². The second kappa shape index (κ2) is 6.97. The predicted octanol–water partition coefficient (Wildman–Crippen LogP) is -1.10.